The molecule has 2 aromatic heterocycles. The van der Waals surface area contributed by atoms with Gasteiger partial charge in [0, 0.05) is 21.9 Å². The van der Waals surface area contributed by atoms with E-state index in [4.69, 9.17) is 37.5 Å². The SMILES string of the molecule is N#Cc1c(Cl)nc(SCc2coc(-c3ccc(Cl)cc3)n2)c(C#N)c1-c1ccc(OC[C@@H](O)CO)cc1. The van der Waals surface area contributed by atoms with Crippen LogP contribution in [0.5, 0.6) is 5.75 Å². The highest BCUT2D eigenvalue weighted by Crippen LogP contribution is 2.38. The zero-order chi connectivity index (χ0) is 26.4. The molecule has 1 atom stereocenters. The molecule has 37 heavy (non-hydrogen) atoms. The van der Waals surface area contributed by atoms with Gasteiger partial charge in [-0.2, -0.15) is 10.5 Å². The second kappa shape index (κ2) is 12.1. The van der Waals surface area contributed by atoms with Crippen LogP contribution in [0.3, 0.4) is 0 Å². The number of nitrogens with zero attached hydrogens (tertiary/aromatic N) is 4. The predicted molar refractivity (Wildman–Crippen MR) is 139 cm³/mol. The molecule has 2 heterocycles. The molecule has 0 radical (unpaired) electrons. The second-order valence-corrected chi connectivity index (χ2v) is 9.43. The third kappa shape index (κ3) is 6.23. The normalized spacial score (nSPS) is 11.5. The number of ether oxygens (including phenoxy) is 1. The van der Waals surface area contributed by atoms with E-state index in [9.17, 15) is 15.6 Å². The van der Waals surface area contributed by atoms with Crippen molar-refractivity contribution < 1.29 is 19.4 Å². The van der Waals surface area contributed by atoms with E-state index >= 15 is 0 Å². The van der Waals surface area contributed by atoms with Gasteiger partial charge in [0.05, 0.1) is 23.4 Å². The van der Waals surface area contributed by atoms with Crippen LogP contribution in [-0.4, -0.2) is 39.5 Å². The Morgan fingerprint density at radius 2 is 1.65 bits per heavy atom. The molecular weight excluding hydrogens is 535 g/mol. The number of rotatable bonds is 9. The summed E-state index contributed by atoms with van der Waals surface area (Å²) >= 11 is 13.5. The minimum atomic E-state index is -0.999. The van der Waals surface area contributed by atoms with Gasteiger partial charge in [-0.15, -0.1) is 0 Å². The Morgan fingerprint density at radius 3 is 2.30 bits per heavy atom. The molecule has 0 amide bonds. The highest BCUT2D eigenvalue weighted by atomic mass is 35.5. The fourth-order valence-corrected chi connectivity index (χ4v) is 4.60. The highest BCUT2D eigenvalue weighted by molar-refractivity contribution is 7.98. The second-order valence-electron chi connectivity index (χ2n) is 7.67. The van der Waals surface area contributed by atoms with Gasteiger partial charge >= 0.3 is 0 Å². The minimum Gasteiger partial charge on any atom is -0.491 e. The zero-order valence-electron chi connectivity index (χ0n) is 19.1. The van der Waals surface area contributed by atoms with Crippen molar-refractivity contribution in [2.75, 3.05) is 13.2 Å². The molecule has 0 bridgehead atoms. The van der Waals surface area contributed by atoms with E-state index in [2.05, 4.69) is 16.0 Å². The Hall–Kier alpha value is -3.57. The average molecular weight is 553 g/mol. The van der Waals surface area contributed by atoms with E-state index in [0.717, 1.165) is 5.56 Å². The van der Waals surface area contributed by atoms with Crippen LogP contribution in [0.15, 0.2) is 64.2 Å². The predicted octanol–water partition coefficient (Wildman–Crippen LogP) is 5.48. The molecular formula is C26H18Cl2N4O4S. The average Bonchev–Trinajstić information content (AvgIpc) is 3.39. The molecule has 2 aromatic carbocycles. The molecule has 0 aliphatic heterocycles. The lowest BCUT2D eigenvalue weighted by Gasteiger charge is -2.13. The Balaban J connectivity index is 1.60. The van der Waals surface area contributed by atoms with Gasteiger partial charge < -0.3 is 19.4 Å². The fourth-order valence-electron chi connectivity index (χ4n) is 3.34. The Labute approximate surface area is 226 Å². The van der Waals surface area contributed by atoms with Crippen molar-refractivity contribution in [1.29, 1.82) is 10.5 Å². The van der Waals surface area contributed by atoms with E-state index in [1.807, 2.05) is 6.07 Å². The summed E-state index contributed by atoms with van der Waals surface area (Å²) in [4.78, 5) is 8.79. The van der Waals surface area contributed by atoms with Gasteiger partial charge in [0.25, 0.3) is 0 Å². The number of nitriles is 2. The molecule has 0 unspecified atom stereocenters. The summed E-state index contributed by atoms with van der Waals surface area (Å²) in [7, 11) is 0. The summed E-state index contributed by atoms with van der Waals surface area (Å²) in [5, 5.41) is 39.1. The monoisotopic (exact) mass is 552 g/mol. The summed E-state index contributed by atoms with van der Waals surface area (Å²) in [6.07, 6.45) is 0.530. The quantitative estimate of drug-likeness (QED) is 0.204. The van der Waals surface area contributed by atoms with Crippen molar-refractivity contribution in [3.63, 3.8) is 0 Å². The fraction of sp³-hybridized carbons (Fsp3) is 0.154. The van der Waals surface area contributed by atoms with Crippen molar-refractivity contribution in [3.8, 4) is 40.5 Å². The van der Waals surface area contributed by atoms with Crippen molar-refractivity contribution >= 4 is 35.0 Å². The molecule has 0 saturated heterocycles. The molecule has 0 spiro atoms. The number of pyridine rings is 1. The summed E-state index contributed by atoms with van der Waals surface area (Å²) in [5.74, 6) is 1.24. The smallest absolute Gasteiger partial charge is 0.226 e. The number of thioether (sulfide) groups is 1. The number of hydrogen-bond donors (Lipinski definition) is 2. The summed E-state index contributed by atoms with van der Waals surface area (Å²) in [6.45, 7) is -0.492. The van der Waals surface area contributed by atoms with Crippen LogP contribution >= 0.6 is 35.0 Å². The Morgan fingerprint density at radius 1 is 0.973 bits per heavy atom. The number of aliphatic hydroxyl groups is 2. The Bertz CT molecular complexity index is 1480. The van der Waals surface area contributed by atoms with Gasteiger partial charge in [-0.25, -0.2) is 9.97 Å². The standard InChI is InChI=1S/C26H18Cl2N4O4S/c27-17-5-1-16(2-6-17)25-31-18(12-36-25)14-37-26-22(10-30)23(21(9-29)24(28)32-26)15-3-7-20(8-4-15)35-13-19(34)11-33/h1-8,12,19,33-34H,11,13-14H2/t19-/m0/s1. The highest BCUT2D eigenvalue weighted by Gasteiger charge is 2.21. The van der Waals surface area contributed by atoms with Gasteiger partial charge in [0.15, 0.2) is 0 Å². The molecule has 0 saturated carbocycles. The number of oxazole rings is 1. The van der Waals surface area contributed by atoms with Crippen LogP contribution in [0.25, 0.3) is 22.6 Å². The summed E-state index contributed by atoms with van der Waals surface area (Å²) in [6, 6.07) is 17.9. The van der Waals surface area contributed by atoms with Crippen molar-refractivity contribution in [2.24, 2.45) is 0 Å². The van der Waals surface area contributed by atoms with Gasteiger partial charge in [0.1, 0.15) is 47.0 Å². The molecule has 2 N–H and O–H groups in total. The molecule has 4 aromatic rings. The van der Waals surface area contributed by atoms with Gasteiger partial charge in [-0.1, -0.05) is 47.1 Å². The molecule has 0 fully saturated rings. The molecule has 4 rings (SSSR count). The molecule has 0 aliphatic carbocycles. The maximum absolute atomic E-state index is 9.99. The topological polar surface area (TPSA) is 136 Å². The van der Waals surface area contributed by atoms with Crippen LogP contribution in [0, 0.1) is 22.7 Å². The van der Waals surface area contributed by atoms with Crippen molar-refractivity contribution in [2.45, 2.75) is 16.9 Å². The largest absolute Gasteiger partial charge is 0.491 e. The Kier molecular flexibility index (Phi) is 8.67. The molecule has 8 nitrogen and oxygen atoms in total. The zero-order valence-corrected chi connectivity index (χ0v) is 21.4. The first kappa shape index (κ1) is 26.5. The number of hydrogen-bond acceptors (Lipinski definition) is 9. The first-order valence-electron chi connectivity index (χ1n) is 10.8. The van der Waals surface area contributed by atoms with E-state index in [-0.39, 0.29) is 22.9 Å². The number of aliphatic hydroxyl groups excluding tert-OH is 2. The van der Waals surface area contributed by atoms with Gasteiger partial charge in [0.2, 0.25) is 5.89 Å². The maximum atomic E-state index is 9.99. The molecule has 186 valence electrons. The van der Waals surface area contributed by atoms with Crippen LogP contribution < -0.4 is 4.74 Å². The first-order chi connectivity index (χ1) is 17.9. The van der Waals surface area contributed by atoms with Crippen LogP contribution in [0.4, 0.5) is 0 Å². The maximum Gasteiger partial charge on any atom is 0.226 e. The van der Waals surface area contributed by atoms with Crippen LogP contribution in [0.1, 0.15) is 16.8 Å². The third-order valence-corrected chi connectivity index (χ3v) is 6.67. The number of aromatic nitrogens is 2. The van der Waals surface area contributed by atoms with Crippen LogP contribution in [0.2, 0.25) is 10.2 Å². The molecule has 0 aliphatic rings. The summed E-state index contributed by atoms with van der Waals surface area (Å²) in [5.41, 5.74) is 2.63. The van der Waals surface area contributed by atoms with E-state index in [1.54, 1.807) is 48.5 Å². The third-order valence-electron chi connectivity index (χ3n) is 5.14. The van der Waals surface area contributed by atoms with Crippen molar-refractivity contribution in [3.05, 3.63) is 81.8 Å². The lowest BCUT2D eigenvalue weighted by molar-refractivity contribution is 0.0536. The summed E-state index contributed by atoms with van der Waals surface area (Å²) < 4.78 is 11.0. The minimum absolute atomic E-state index is 0.0209. The van der Waals surface area contributed by atoms with E-state index in [0.29, 0.717) is 44.3 Å². The first-order valence-corrected chi connectivity index (χ1v) is 12.6. The van der Waals surface area contributed by atoms with Crippen molar-refractivity contribution in [1.82, 2.24) is 9.97 Å². The molecule has 11 heteroatoms. The van der Waals surface area contributed by atoms with Gasteiger partial charge in [-0.05, 0) is 42.0 Å². The number of benzene rings is 2. The van der Waals surface area contributed by atoms with Gasteiger partial charge in [-0.3, -0.25) is 0 Å². The van der Waals surface area contributed by atoms with E-state index < -0.39 is 12.7 Å². The lowest BCUT2D eigenvalue weighted by atomic mass is 9.97. The van der Waals surface area contributed by atoms with E-state index in [1.165, 1.54) is 18.0 Å². The number of halogens is 2. The van der Waals surface area contributed by atoms with Crippen LogP contribution in [-0.2, 0) is 5.75 Å². The lowest BCUT2D eigenvalue weighted by Crippen LogP contribution is -2.21.